The molecule has 0 radical (unpaired) electrons. The molecule has 82 valence electrons. The number of hydrogen-bond donors (Lipinski definition) is 1. The number of nitrogens with zero attached hydrogens (tertiary/aromatic N) is 2. The minimum absolute atomic E-state index is 0.249. The average molecular weight is 209 g/mol. The topological polar surface area (TPSA) is 41.6 Å². The van der Waals surface area contributed by atoms with E-state index < -0.39 is 0 Å². The fourth-order valence-electron chi connectivity index (χ4n) is 1.35. The summed E-state index contributed by atoms with van der Waals surface area (Å²) in [6, 6.07) is 6.21. The molecule has 15 heavy (non-hydrogen) atoms. The van der Waals surface area contributed by atoms with Crippen LogP contribution in [0.4, 0.5) is 10.1 Å². The van der Waals surface area contributed by atoms with Gasteiger partial charge in [-0.3, -0.25) is 4.99 Å². The van der Waals surface area contributed by atoms with E-state index in [1.165, 1.54) is 12.1 Å². The van der Waals surface area contributed by atoms with Crippen molar-refractivity contribution in [1.82, 2.24) is 0 Å². The lowest BCUT2D eigenvalue weighted by Gasteiger charge is -2.21. The number of guanidine groups is 1. The molecule has 0 aliphatic heterocycles. The maximum atomic E-state index is 12.7. The second-order valence-electron chi connectivity index (χ2n) is 3.05. The summed E-state index contributed by atoms with van der Waals surface area (Å²) in [7, 11) is 0. The summed E-state index contributed by atoms with van der Waals surface area (Å²) in [5.41, 5.74) is 6.65. The molecule has 0 aliphatic rings. The lowest BCUT2D eigenvalue weighted by molar-refractivity contribution is 0.628. The first-order valence-electron chi connectivity index (χ1n) is 5.02. The van der Waals surface area contributed by atoms with E-state index in [-0.39, 0.29) is 5.82 Å². The van der Waals surface area contributed by atoms with Crippen molar-refractivity contribution >= 4 is 11.6 Å². The van der Waals surface area contributed by atoms with Crippen molar-refractivity contribution in [3.05, 3.63) is 30.1 Å². The fraction of sp³-hybridized carbons (Fsp3) is 0.364. The number of benzene rings is 1. The summed E-state index contributed by atoms with van der Waals surface area (Å²) < 4.78 is 12.7. The highest BCUT2D eigenvalue weighted by Gasteiger charge is 2.07. The summed E-state index contributed by atoms with van der Waals surface area (Å²) >= 11 is 0. The third kappa shape index (κ3) is 2.94. The number of halogens is 1. The molecule has 3 nitrogen and oxygen atoms in total. The van der Waals surface area contributed by atoms with Gasteiger partial charge < -0.3 is 10.6 Å². The Kier molecular flexibility index (Phi) is 4.09. The van der Waals surface area contributed by atoms with E-state index in [2.05, 4.69) is 4.99 Å². The van der Waals surface area contributed by atoms with E-state index in [9.17, 15) is 4.39 Å². The molecule has 1 rings (SSSR count). The zero-order valence-corrected chi connectivity index (χ0v) is 9.07. The largest absolute Gasteiger partial charge is 0.370 e. The van der Waals surface area contributed by atoms with Crippen LogP contribution in [-0.2, 0) is 0 Å². The summed E-state index contributed by atoms with van der Waals surface area (Å²) in [6.07, 6.45) is 0. The second-order valence-corrected chi connectivity index (χ2v) is 3.05. The van der Waals surface area contributed by atoms with E-state index in [0.717, 1.165) is 5.69 Å². The Morgan fingerprint density at radius 2 is 1.93 bits per heavy atom. The van der Waals surface area contributed by atoms with Gasteiger partial charge in [-0.1, -0.05) is 0 Å². The molecular weight excluding hydrogens is 193 g/mol. The third-order valence-electron chi connectivity index (χ3n) is 2.05. The van der Waals surface area contributed by atoms with Crippen molar-refractivity contribution in [2.24, 2.45) is 10.7 Å². The first-order valence-corrected chi connectivity index (χ1v) is 5.02. The van der Waals surface area contributed by atoms with Crippen molar-refractivity contribution in [2.75, 3.05) is 18.0 Å². The number of nitrogens with two attached hydrogens (primary N) is 1. The molecule has 0 unspecified atom stereocenters. The quantitative estimate of drug-likeness (QED) is 0.611. The van der Waals surface area contributed by atoms with Gasteiger partial charge in [0.2, 0.25) is 0 Å². The molecule has 0 bridgehead atoms. The first kappa shape index (κ1) is 11.5. The fourth-order valence-corrected chi connectivity index (χ4v) is 1.35. The molecule has 1 aromatic carbocycles. The molecule has 0 saturated carbocycles. The zero-order chi connectivity index (χ0) is 11.3. The highest BCUT2D eigenvalue weighted by atomic mass is 19.1. The summed E-state index contributed by atoms with van der Waals surface area (Å²) in [4.78, 5) is 5.96. The minimum atomic E-state index is -0.249. The minimum Gasteiger partial charge on any atom is -0.370 e. The van der Waals surface area contributed by atoms with Crippen LogP contribution in [0.3, 0.4) is 0 Å². The second kappa shape index (κ2) is 5.34. The van der Waals surface area contributed by atoms with Crippen LogP contribution in [-0.4, -0.2) is 19.0 Å². The molecule has 0 fully saturated rings. The van der Waals surface area contributed by atoms with Crippen LogP contribution >= 0.6 is 0 Å². The van der Waals surface area contributed by atoms with Crippen LogP contribution in [0.25, 0.3) is 0 Å². The molecule has 2 N–H and O–H groups in total. The number of anilines is 1. The Morgan fingerprint density at radius 3 is 2.40 bits per heavy atom. The highest BCUT2D eigenvalue weighted by Crippen LogP contribution is 2.14. The van der Waals surface area contributed by atoms with Gasteiger partial charge in [-0.05, 0) is 38.1 Å². The van der Waals surface area contributed by atoms with E-state index in [1.807, 2.05) is 18.7 Å². The van der Waals surface area contributed by atoms with Crippen LogP contribution in [0.15, 0.2) is 29.3 Å². The van der Waals surface area contributed by atoms with Crippen LogP contribution in [0.1, 0.15) is 13.8 Å². The van der Waals surface area contributed by atoms with Gasteiger partial charge in [-0.2, -0.15) is 0 Å². The summed E-state index contributed by atoms with van der Waals surface area (Å²) in [5.74, 6) is 0.215. The van der Waals surface area contributed by atoms with Crippen molar-refractivity contribution in [3.8, 4) is 0 Å². The summed E-state index contributed by atoms with van der Waals surface area (Å²) in [5, 5.41) is 0. The molecule has 0 aliphatic carbocycles. The number of rotatable bonds is 3. The Labute approximate surface area is 89.4 Å². The van der Waals surface area contributed by atoms with Gasteiger partial charge in [-0.25, -0.2) is 4.39 Å². The van der Waals surface area contributed by atoms with E-state index in [0.29, 0.717) is 19.0 Å². The maximum absolute atomic E-state index is 12.7. The lowest BCUT2D eigenvalue weighted by atomic mass is 10.3. The van der Waals surface area contributed by atoms with Crippen molar-refractivity contribution in [2.45, 2.75) is 13.8 Å². The predicted molar refractivity (Wildman–Crippen MR) is 61.6 cm³/mol. The number of hydrogen-bond acceptors (Lipinski definition) is 1. The van der Waals surface area contributed by atoms with Gasteiger partial charge in [0.1, 0.15) is 5.82 Å². The predicted octanol–water partition coefficient (Wildman–Crippen LogP) is 1.99. The van der Waals surface area contributed by atoms with Gasteiger partial charge in [0, 0.05) is 18.8 Å². The molecule has 0 saturated heterocycles. The molecule has 0 atom stereocenters. The molecule has 0 amide bonds. The van der Waals surface area contributed by atoms with E-state index in [4.69, 9.17) is 5.73 Å². The SMILES string of the molecule is CCN=C(N)N(CC)c1ccc(F)cc1. The van der Waals surface area contributed by atoms with Crippen molar-refractivity contribution in [3.63, 3.8) is 0 Å². The van der Waals surface area contributed by atoms with E-state index >= 15 is 0 Å². The zero-order valence-electron chi connectivity index (χ0n) is 9.07. The molecule has 4 heteroatoms. The summed E-state index contributed by atoms with van der Waals surface area (Å²) in [6.45, 7) is 5.25. The van der Waals surface area contributed by atoms with Crippen LogP contribution in [0, 0.1) is 5.82 Å². The van der Waals surface area contributed by atoms with Crippen LogP contribution < -0.4 is 10.6 Å². The lowest BCUT2D eigenvalue weighted by Crippen LogP contribution is -2.37. The Morgan fingerprint density at radius 1 is 1.33 bits per heavy atom. The Bertz CT molecular complexity index is 332. The molecular formula is C11H16FN3. The molecule has 0 aromatic heterocycles. The van der Waals surface area contributed by atoms with Crippen molar-refractivity contribution in [1.29, 1.82) is 0 Å². The third-order valence-corrected chi connectivity index (χ3v) is 2.05. The van der Waals surface area contributed by atoms with Gasteiger partial charge >= 0.3 is 0 Å². The highest BCUT2D eigenvalue weighted by molar-refractivity contribution is 5.94. The number of aliphatic imine (C=N–C) groups is 1. The van der Waals surface area contributed by atoms with Gasteiger partial charge in [-0.15, -0.1) is 0 Å². The molecule has 1 aromatic rings. The van der Waals surface area contributed by atoms with Crippen molar-refractivity contribution < 1.29 is 4.39 Å². The van der Waals surface area contributed by atoms with Crippen LogP contribution in [0.2, 0.25) is 0 Å². The van der Waals surface area contributed by atoms with Gasteiger partial charge in [0.15, 0.2) is 5.96 Å². The monoisotopic (exact) mass is 209 g/mol. The average Bonchev–Trinajstić information content (AvgIpc) is 2.22. The Balaban J connectivity index is 2.92. The Hall–Kier alpha value is -1.58. The van der Waals surface area contributed by atoms with E-state index in [1.54, 1.807) is 12.1 Å². The molecule has 0 heterocycles. The smallest absolute Gasteiger partial charge is 0.195 e. The maximum Gasteiger partial charge on any atom is 0.195 e. The normalized spacial score (nSPS) is 11.5. The van der Waals surface area contributed by atoms with Gasteiger partial charge in [0.05, 0.1) is 0 Å². The molecule has 0 spiro atoms. The van der Waals surface area contributed by atoms with Gasteiger partial charge in [0.25, 0.3) is 0 Å². The standard InChI is InChI=1S/C11H16FN3/c1-3-14-11(13)15(4-2)10-7-5-9(12)6-8-10/h5-8H,3-4H2,1-2H3,(H2,13,14). The first-order chi connectivity index (χ1) is 7.19. The van der Waals surface area contributed by atoms with Crippen LogP contribution in [0.5, 0.6) is 0 Å².